The van der Waals surface area contributed by atoms with Crippen LogP contribution >= 0.6 is 0 Å². The van der Waals surface area contributed by atoms with Gasteiger partial charge in [0.25, 0.3) is 0 Å². The van der Waals surface area contributed by atoms with E-state index in [0.717, 1.165) is 45.5 Å². The van der Waals surface area contributed by atoms with Gasteiger partial charge in [-0.3, -0.25) is 5.43 Å². The molecular weight excluding hydrogens is 468 g/mol. The van der Waals surface area contributed by atoms with Gasteiger partial charge in [0.2, 0.25) is 0 Å². The summed E-state index contributed by atoms with van der Waals surface area (Å²) < 4.78 is 6.18. The lowest BCUT2D eigenvalue weighted by Crippen LogP contribution is -2.52. The molecule has 0 saturated heterocycles. The number of nitrogens with zero attached hydrogens (tertiary/aromatic N) is 2. The Bertz CT molecular complexity index is 1550. The van der Waals surface area contributed by atoms with Crippen molar-refractivity contribution in [1.29, 1.82) is 0 Å². The van der Waals surface area contributed by atoms with E-state index in [9.17, 15) is 0 Å². The lowest BCUT2D eigenvalue weighted by atomic mass is 10.0. The molecule has 2 heterocycles. The van der Waals surface area contributed by atoms with Crippen molar-refractivity contribution in [2.75, 3.05) is 10.0 Å². The number of hydrogen-bond acceptors (Lipinski definition) is 5. The molecule has 5 heteroatoms. The molecule has 0 spiro atoms. The number of nitrogens with one attached hydrogen (secondary N) is 2. The van der Waals surface area contributed by atoms with Gasteiger partial charge in [0.05, 0.1) is 28.8 Å². The largest absolute Gasteiger partial charge is 0.453 e. The smallest absolute Gasteiger partial charge is 0.151 e. The van der Waals surface area contributed by atoms with Gasteiger partial charge in [-0.15, -0.1) is 0 Å². The molecule has 0 bridgehead atoms. The third kappa shape index (κ3) is 4.05. The first kappa shape index (κ1) is 22.2. The Kier molecular flexibility index (Phi) is 5.53. The molecule has 0 amide bonds. The highest BCUT2D eigenvalue weighted by Crippen LogP contribution is 2.50. The fraction of sp³-hybridized carbons (Fsp3) is 0.0303. The highest BCUT2D eigenvalue weighted by molar-refractivity contribution is 5.86. The third-order valence-electron chi connectivity index (χ3n) is 6.88. The molecule has 0 aromatic heterocycles. The van der Waals surface area contributed by atoms with Crippen LogP contribution in [0.25, 0.3) is 5.70 Å². The predicted octanol–water partition coefficient (Wildman–Crippen LogP) is 7.87. The maximum atomic E-state index is 6.18. The zero-order valence-corrected chi connectivity index (χ0v) is 20.7. The van der Waals surface area contributed by atoms with Crippen LogP contribution in [-0.4, -0.2) is 0 Å². The van der Waals surface area contributed by atoms with E-state index >= 15 is 0 Å². The minimum atomic E-state index is 0.0188. The summed E-state index contributed by atoms with van der Waals surface area (Å²) in [4.78, 5) is 2.25. The van der Waals surface area contributed by atoms with Crippen molar-refractivity contribution in [3.63, 3.8) is 0 Å². The lowest BCUT2D eigenvalue weighted by Gasteiger charge is -2.37. The van der Waals surface area contributed by atoms with Crippen LogP contribution in [-0.2, 0) is 0 Å². The number of hydrogen-bond donors (Lipinski definition) is 2. The summed E-state index contributed by atoms with van der Waals surface area (Å²) >= 11 is 0. The van der Waals surface area contributed by atoms with Crippen LogP contribution in [0.2, 0.25) is 0 Å². The van der Waals surface area contributed by atoms with Gasteiger partial charge < -0.3 is 9.64 Å². The van der Waals surface area contributed by atoms with Crippen molar-refractivity contribution in [1.82, 2.24) is 10.9 Å². The zero-order chi connectivity index (χ0) is 25.3. The lowest BCUT2D eigenvalue weighted by molar-refractivity contribution is 0.477. The van der Waals surface area contributed by atoms with Crippen LogP contribution in [0.5, 0.6) is 11.5 Å². The van der Waals surface area contributed by atoms with Gasteiger partial charge in [-0.25, -0.2) is 10.5 Å². The summed E-state index contributed by atoms with van der Waals surface area (Å²) in [6.07, 6.45) is 2.23. The molecule has 0 fully saturated rings. The number of fused-ring (bicyclic) bond motifs is 2. The van der Waals surface area contributed by atoms with E-state index in [1.807, 2.05) is 53.6 Å². The van der Waals surface area contributed by atoms with E-state index in [1.165, 1.54) is 5.56 Å². The minimum Gasteiger partial charge on any atom is -0.453 e. The van der Waals surface area contributed by atoms with Gasteiger partial charge in [-0.05, 0) is 65.7 Å². The van der Waals surface area contributed by atoms with Gasteiger partial charge >= 0.3 is 0 Å². The van der Waals surface area contributed by atoms with Gasteiger partial charge in [0.1, 0.15) is 0 Å². The van der Waals surface area contributed by atoms with E-state index in [1.54, 1.807) is 0 Å². The molecule has 1 unspecified atom stereocenters. The predicted molar refractivity (Wildman–Crippen MR) is 154 cm³/mol. The third-order valence-corrected chi connectivity index (χ3v) is 6.88. The van der Waals surface area contributed by atoms with Crippen LogP contribution in [0.15, 0.2) is 140 Å². The number of anilines is 4. The first-order valence-corrected chi connectivity index (χ1v) is 12.7. The van der Waals surface area contributed by atoms with Gasteiger partial charge in [0.15, 0.2) is 11.5 Å². The average molecular weight is 495 g/mol. The first-order chi connectivity index (χ1) is 18.8. The average Bonchev–Trinajstić information content (AvgIpc) is 3.00. The monoisotopic (exact) mass is 494 g/mol. The summed E-state index contributed by atoms with van der Waals surface area (Å²) in [7, 11) is 0. The molecule has 5 aromatic carbocycles. The highest BCUT2D eigenvalue weighted by atomic mass is 16.5. The highest BCUT2D eigenvalue weighted by Gasteiger charge is 2.26. The molecule has 184 valence electrons. The van der Waals surface area contributed by atoms with Crippen molar-refractivity contribution in [2.45, 2.75) is 6.04 Å². The van der Waals surface area contributed by atoms with Crippen LogP contribution in [0, 0.1) is 0 Å². The fourth-order valence-electron chi connectivity index (χ4n) is 5.02. The van der Waals surface area contributed by atoms with Crippen LogP contribution in [0.3, 0.4) is 0 Å². The van der Waals surface area contributed by atoms with Crippen molar-refractivity contribution < 1.29 is 4.74 Å². The maximum Gasteiger partial charge on any atom is 0.151 e. The molecule has 7 rings (SSSR count). The van der Waals surface area contributed by atoms with E-state index in [4.69, 9.17) is 4.74 Å². The molecule has 5 nitrogen and oxygen atoms in total. The molecule has 0 saturated carbocycles. The number of hydrazine groups is 2. The minimum absolute atomic E-state index is 0.0188. The zero-order valence-electron chi connectivity index (χ0n) is 20.7. The van der Waals surface area contributed by atoms with Gasteiger partial charge in [-0.1, -0.05) is 84.9 Å². The number of para-hydroxylation sites is 4. The summed E-state index contributed by atoms with van der Waals surface area (Å²) in [6.45, 7) is 0. The maximum absolute atomic E-state index is 6.18. The first-order valence-electron chi connectivity index (χ1n) is 12.7. The summed E-state index contributed by atoms with van der Waals surface area (Å²) in [5.74, 6) is 1.69. The topological polar surface area (TPSA) is 39.8 Å². The molecular formula is C33H26N4O. The molecule has 0 radical (unpaired) electrons. The van der Waals surface area contributed by atoms with Crippen molar-refractivity contribution in [3.8, 4) is 11.5 Å². The number of ether oxygens (including phenoxy) is 1. The Hall–Kier alpha value is -5.00. The van der Waals surface area contributed by atoms with Crippen molar-refractivity contribution in [2.24, 2.45) is 0 Å². The summed E-state index contributed by atoms with van der Waals surface area (Å²) in [6, 6.07) is 45.8. The van der Waals surface area contributed by atoms with E-state index < -0.39 is 0 Å². The van der Waals surface area contributed by atoms with E-state index in [-0.39, 0.29) is 6.04 Å². The Balaban J connectivity index is 1.24. The van der Waals surface area contributed by atoms with Crippen molar-refractivity contribution in [3.05, 3.63) is 151 Å². The second-order valence-corrected chi connectivity index (χ2v) is 9.30. The van der Waals surface area contributed by atoms with E-state index in [2.05, 4.69) is 107 Å². The Morgan fingerprint density at radius 1 is 0.553 bits per heavy atom. The molecule has 5 aromatic rings. The van der Waals surface area contributed by atoms with Crippen LogP contribution in [0.1, 0.15) is 17.2 Å². The normalized spacial score (nSPS) is 16.0. The fourth-order valence-corrected chi connectivity index (χ4v) is 5.02. The molecule has 38 heavy (non-hydrogen) atoms. The quantitative estimate of drug-likeness (QED) is 0.261. The number of benzene rings is 5. The van der Waals surface area contributed by atoms with Crippen LogP contribution in [0.4, 0.5) is 22.7 Å². The van der Waals surface area contributed by atoms with Gasteiger partial charge in [-0.2, -0.15) is 0 Å². The molecule has 2 N–H and O–H groups in total. The number of rotatable bonds is 4. The van der Waals surface area contributed by atoms with Crippen molar-refractivity contribution >= 4 is 28.4 Å². The Morgan fingerprint density at radius 3 is 1.76 bits per heavy atom. The second-order valence-electron chi connectivity index (χ2n) is 9.30. The Labute approximate surface area is 222 Å². The molecule has 0 aliphatic carbocycles. The summed E-state index contributed by atoms with van der Waals surface area (Å²) in [5, 5.41) is 2.00. The van der Waals surface area contributed by atoms with E-state index in [0.29, 0.717) is 0 Å². The molecule has 2 aliphatic heterocycles. The van der Waals surface area contributed by atoms with Crippen LogP contribution < -0.4 is 25.6 Å². The standard InChI is InChI=1S/C33H26N4O/c1-3-11-24(12-4-1)28-23-29(25-13-5-2-6-14-25)35-37(34-28)27-21-19-26(20-22-27)36-30-15-7-9-17-32(30)38-33-18-10-8-16-31(33)36/h1-23,28,34-35H. The summed E-state index contributed by atoms with van der Waals surface area (Å²) in [5.41, 5.74) is 14.7. The molecule has 2 aliphatic rings. The molecule has 1 atom stereocenters. The second kappa shape index (κ2) is 9.47. The SMILES string of the molecule is C1=C(c2ccccc2)NN(c2ccc(N3c4ccccc4Oc4ccccc43)cc2)NC1c1ccccc1. The van der Waals surface area contributed by atoms with Gasteiger partial charge in [0, 0.05) is 5.69 Å². The Morgan fingerprint density at radius 2 is 1.11 bits per heavy atom.